The van der Waals surface area contributed by atoms with Crippen LogP contribution in [0.15, 0.2) is 35.3 Å². The van der Waals surface area contributed by atoms with Gasteiger partial charge < -0.3 is 34.3 Å². The molecule has 0 atom stereocenters. The van der Waals surface area contributed by atoms with Crippen molar-refractivity contribution in [3.63, 3.8) is 0 Å². The average Bonchev–Trinajstić information content (AvgIpc) is 2.82. The number of aliphatic imine (C=N–C) groups is 1. The van der Waals surface area contributed by atoms with Crippen molar-refractivity contribution in [1.82, 2.24) is 10.6 Å². The van der Waals surface area contributed by atoms with Gasteiger partial charge in [-0.15, -0.1) is 0 Å². The van der Waals surface area contributed by atoms with Crippen molar-refractivity contribution in [3.8, 4) is 23.0 Å². The maximum absolute atomic E-state index is 5.97. The Morgan fingerprint density at radius 1 is 0.781 bits per heavy atom. The molecule has 32 heavy (non-hydrogen) atoms. The molecule has 2 N–H and O–H groups in total. The number of nitrogens with one attached hydrogen (secondary N) is 2. The Bertz CT molecular complexity index is 886. The molecule has 0 unspecified atom stereocenters. The van der Waals surface area contributed by atoms with Crippen LogP contribution in [-0.2, 0) is 17.8 Å². The Morgan fingerprint density at radius 3 is 2.06 bits per heavy atom. The van der Waals surface area contributed by atoms with Crippen LogP contribution >= 0.6 is 0 Å². The number of hydrogen-bond donors (Lipinski definition) is 2. The standard InChI is InChI=1S/C24H35N3O5/c1-17-8-9-18(21(12-17)32-11-7-10-28-3)15-26-24(25-2)27-16-19-13-22(30-5)23(31-6)14-20(19)29-4/h8-9,12-14H,7,10-11,15-16H2,1-6H3,(H2,25,26,27). The summed E-state index contributed by atoms with van der Waals surface area (Å²) in [5.41, 5.74) is 3.13. The highest BCUT2D eigenvalue weighted by Gasteiger charge is 2.13. The van der Waals surface area contributed by atoms with E-state index in [1.807, 2.05) is 12.1 Å². The summed E-state index contributed by atoms with van der Waals surface area (Å²) in [7, 11) is 8.26. The van der Waals surface area contributed by atoms with E-state index in [1.165, 1.54) is 0 Å². The zero-order chi connectivity index (χ0) is 23.3. The van der Waals surface area contributed by atoms with Crippen LogP contribution in [0.2, 0.25) is 0 Å². The normalized spacial score (nSPS) is 11.1. The lowest BCUT2D eigenvalue weighted by atomic mass is 10.1. The monoisotopic (exact) mass is 445 g/mol. The number of aryl methyl sites for hydroxylation is 1. The highest BCUT2D eigenvalue weighted by atomic mass is 16.5. The molecule has 0 aliphatic carbocycles. The zero-order valence-electron chi connectivity index (χ0n) is 19.9. The van der Waals surface area contributed by atoms with Crippen LogP contribution in [-0.4, -0.2) is 54.7 Å². The van der Waals surface area contributed by atoms with Gasteiger partial charge in [0.05, 0.1) is 27.9 Å². The Labute approximate surface area is 190 Å². The molecule has 8 heteroatoms. The zero-order valence-corrected chi connectivity index (χ0v) is 19.9. The van der Waals surface area contributed by atoms with E-state index in [2.05, 4.69) is 40.7 Å². The molecule has 0 fully saturated rings. The Balaban J connectivity index is 2.02. The van der Waals surface area contributed by atoms with Crippen LogP contribution in [0.5, 0.6) is 23.0 Å². The highest BCUT2D eigenvalue weighted by Crippen LogP contribution is 2.34. The Hall–Kier alpha value is -3.13. The Kier molecular flexibility index (Phi) is 10.5. The van der Waals surface area contributed by atoms with Gasteiger partial charge >= 0.3 is 0 Å². The van der Waals surface area contributed by atoms with Gasteiger partial charge in [0, 0.05) is 57.5 Å². The number of nitrogens with zero attached hydrogens (tertiary/aromatic N) is 1. The first kappa shape index (κ1) is 25.1. The number of rotatable bonds is 12. The molecule has 0 saturated heterocycles. The predicted octanol–water partition coefficient (Wildman–Crippen LogP) is 3.30. The van der Waals surface area contributed by atoms with Crippen LogP contribution in [0.25, 0.3) is 0 Å². The van der Waals surface area contributed by atoms with E-state index in [0.29, 0.717) is 49.5 Å². The lowest BCUT2D eigenvalue weighted by Crippen LogP contribution is -2.36. The van der Waals surface area contributed by atoms with Gasteiger partial charge in [0.2, 0.25) is 0 Å². The van der Waals surface area contributed by atoms with E-state index in [1.54, 1.807) is 35.5 Å². The average molecular weight is 446 g/mol. The largest absolute Gasteiger partial charge is 0.496 e. The maximum atomic E-state index is 5.97. The summed E-state index contributed by atoms with van der Waals surface area (Å²) < 4.78 is 27.3. The van der Waals surface area contributed by atoms with Crippen LogP contribution in [0.1, 0.15) is 23.1 Å². The van der Waals surface area contributed by atoms with E-state index >= 15 is 0 Å². The molecule has 2 rings (SSSR count). The molecule has 0 radical (unpaired) electrons. The van der Waals surface area contributed by atoms with Crippen molar-refractivity contribution in [2.45, 2.75) is 26.4 Å². The minimum absolute atomic E-state index is 0.497. The SMILES string of the molecule is CN=C(NCc1cc(OC)c(OC)cc1OC)NCc1ccc(C)cc1OCCCOC. The fourth-order valence-electron chi connectivity index (χ4n) is 3.14. The fourth-order valence-corrected chi connectivity index (χ4v) is 3.14. The van der Waals surface area contributed by atoms with E-state index in [0.717, 1.165) is 28.9 Å². The number of methoxy groups -OCH3 is 4. The first-order valence-corrected chi connectivity index (χ1v) is 10.5. The third kappa shape index (κ3) is 7.23. The molecule has 0 aliphatic rings. The van der Waals surface area contributed by atoms with Gasteiger partial charge in [-0.3, -0.25) is 4.99 Å². The Morgan fingerprint density at radius 2 is 1.44 bits per heavy atom. The van der Waals surface area contributed by atoms with E-state index in [9.17, 15) is 0 Å². The molecule has 0 amide bonds. The first-order valence-electron chi connectivity index (χ1n) is 10.5. The quantitative estimate of drug-likeness (QED) is 0.295. The van der Waals surface area contributed by atoms with Gasteiger partial charge in [-0.1, -0.05) is 12.1 Å². The van der Waals surface area contributed by atoms with Crippen LogP contribution in [0.3, 0.4) is 0 Å². The summed E-state index contributed by atoms with van der Waals surface area (Å²) in [6.45, 7) is 4.41. The molecule has 0 aromatic heterocycles. The summed E-state index contributed by atoms with van der Waals surface area (Å²) >= 11 is 0. The second-order valence-corrected chi connectivity index (χ2v) is 7.10. The van der Waals surface area contributed by atoms with Gasteiger partial charge in [0.1, 0.15) is 11.5 Å². The summed E-state index contributed by atoms with van der Waals surface area (Å²) in [6.07, 6.45) is 0.841. The maximum Gasteiger partial charge on any atom is 0.191 e. The van der Waals surface area contributed by atoms with Crippen molar-refractivity contribution in [2.24, 2.45) is 4.99 Å². The highest BCUT2D eigenvalue weighted by molar-refractivity contribution is 5.79. The third-order valence-electron chi connectivity index (χ3n) is 4.88. The van der Waals surface area contributed by atoms with Gasteiger partial charge in [0.25, 0.3) is 0 Å². The second kappa shape index (κ2) is 13.3. The van der Waals surface area contributed by atoms with E-state index in [4.69, 9.17) is 23.7 Å². The van der Waals surface area contributed by atoms with Gasteiger partial charge in [-0.25, -0.2) is 0 Å². The van der Waals surface area contributed by atoms with Crippen molar-refractivity contribution in [3.05, 3.63) is 47.0 Å². The van der Waals surface area contributed by atoms with Crippen LogP contribution in [0.4, 0.5) is 0 Å². The van der Waals surface area contributed by atoms with Crippen molar-refractivity contribution < 1.29 is 23.7 Å². The van der Waals surface area contributed by atoms with Crippen LogP contribution in [0, 0.1) is 6.92 Å². The topological polar surface area (TPSA) is 82.6 Å². The molecule has 0 saturated carbocycles. The summed E-state index contributed by atoms with van der Waals surface area (Å²) in [5.74, 6) is 3.49. The van der Waals surface area contributed by atoms with E-state index < -0.39 is 0 Å². The minimum Gasteiger partial charge on any atom is -0.496 e. The summed E-state index contributed by atoms with van der Waals surface area (Å²) in [4.78, 5) is 4.32. The number of ether oxygens (including phenoxy) is 5. The minimum atomic E-state index is 0.497. The van der Waals surface area contributed by atoms with Gasteiger partial charge in [-0.2, -0.15) is 0 Å². The molecule has 0 heterocycles. The van der Waals surface area contributed by atoms with Crippen molar-refractivity contribution >= 4 is 5.96 Å². The van der Waals surface area contributed by atoms with Crippen molar-refractivity contribution in [1.29, 1.82) is 0 Å². The second-order valence-electron chi connectivity index (χ2n) is 7.10. The lowest BCUT2D eigenvalue weighted by Gasteiger charge is -2.17. The predicted molar refractivity (Wildman–Crippen MR) is 126 cm³/mol. The molecule has 0 spiro atoms. The lowest BCUT2D eigenvalue weighted by molar-refractivity contribution is 0.171. The molecule has 8 nitrogen and oxygen atoms in total. The molecular weight excluding hydrogens is 410 g/mol. The molecule has 176 valence electrons. The number of benzene rings is 2. The molecule has 0 aliphatic heterocycles. The number of guanidine groups is 1. The smallest absolute Gasteiger partial charge is 0.191 e. The molecular formula is C24H35N3O5. The first-order chi connectivity index (χ1) is 15.6. The fraction of sp³-hybridized carbons (Fsp3) is 0.458. The summed E-state index contributed by atoms with van der Waals surface area (Å²) in [6, 6.07) is 9.90. The molecule has 2 aromatic carbocycles. The molecule has 0 bridgehead atoms. The number of hydrogen-bond acceptors (Lipinski definition) is 6. The molecule has 2 aromatic rings. The van der Waals surface area contributed by atoms with E-state index in [-0.39, 0.29) is 0 Å². The van der Waals surface area contributed by atoms with Crippen molar-refractivity contribution in [2.75, 3.05) is 48.7 Å². The third-order valence-corrected chi connectivity index (χ3v) is 4.88. The summed E-state index contributed by atoms with van der Waals surface area (Å²) in [5, 5.41) is 6.66. The van der Waals surface area contributed by atoms with Crippen LogP contribution < -0.4 is 29.6 Å². The van der Waals surface area contributed by atoms with Gasteiger partial charge in [0.15, 0.2) is 17.5 Å². The van der Waals surface area contributed by atoms with Gasteiger partial charge in [-0.05, 0) is 24.6 Å².